The average Bonchev–Trinajstić information content (AvgIpc) is 2.36. The molecule has 0 saturated carbocycles. The van der Waals surface area contributed by atoms with Crippen molar-refractivity contribution in [3.63, 3.8) is 0 Å². The molecule has 0 bridgehead atoms. The summed E-state index contributed by atoms with van der Waals surface area (Å²) in [6.45, 7) is 1.92. The Hall–Kier alpha value is -1.30. The summed E-state index contributed by atoms with van der Waals surface area (Å²) in [6.07, 6.45) is 3.40. The van der Waals surface area contributed by atoms with Crippen molar-refractivity contribution < 1.29 is 4.39 Å². The second-order valence-electron chi connectivity index (χ2n) is 4.00. The summed E-state index contributed by atoms with van der Waals surface area (Å²) < 4.78 is 14.7. The first-order valence-electron chi connectivity index (χ1n) is 5.45. The second kappa shape index (κ2) is 5.56. The first-order valence-corrected chi connectivity index (χ1v) is 6.24. The Labute approximate surface area is 113 Å². The van der Waals surface area contributed by atoms with Crippen molar-refractivity contribution in [2.24, 2.45) is 5.84 Å². The minimum atomic E-state index is -0.398. The molecule has 0 spiro atoms. The molecule has 1 aromatic carbocycles. The molecule has 1 heterocycles. The number of pyridine rings is 1. The van der Waals surface area contributed by atoms with Crippen LogP contribution >= 0.6 is 15.9 Å². The van der Waals surface area contributed by atoms with Crippen LogP contribution < -0.4 is 11.3 Å². The van der Waals surface area contributed by atoms with E-state index in [0.717, 1.165) is 15.6 Å². The maximum Gasteiger partial charge on any atom is 0.128 e. The van der Waals surface area contributed by atoms with Crippen LogP contribution in [0, 0.1) is 12.7 Å². The summed E-state index contributed by atoms with van der Waals surface area (Å²) in [5.41, 5.74) is 5.02. The van der Waals surface area contributed by atoms with E-state index >= 15 is 0 Å². The van der Waals surface area contributed by atoms with Crippen LogP contribution in [0.15, 0.2) is 41.1 Å². The number of aromatic nitrogens is 1. The van der Waals surface area contributed by atoms with Gasteiger partial charge in [-0.3, -0.25) is 10.8 Å². The van der Waals surface area contributed by atoms with E-state index in [0.29, 0.717) is 5.56 Å². The minimum absolute atomic E-state index is 0.294. The van der Waals surface area contributed by atoms with E-state index in [2.05, 4.69) is 26.3 Å². The number of rotatable bonds is 3. The van der Waals surface area contributed by atoms with Crippen LogP contribution in [-0.2, 0) is 0 Å². The third-order valence-electron chi connectivity index (χ3n) is 2.81. The molecule has 0 aliphatic rings. The van der Waals surface area contributed by atoms with Crippen molar-refractivity contribution >= 4 is 15.9 Å². The zero-order valence-corrected chi connectivity index (χ0v) is 11.4. The molecular formula is C13H13BrFN3. The van der Waals surface area contributed by atoms with E-state index in [-0.39, 0.29) is 5.82 Å². The molecule has 0 radical (unpaired) electrons. The van der Waals surface area contributed by atoms with E-state index in [1.54, 1.807) is 24.5 Å². The van der Waals surface area contributed by atoms with E-state index in [9.17, 15) is 4.39 Å². The highest BCUT2D eigenvalue weighted by Crippen LogP contribution is 2.27. The van der Waals surface area contributed by atoms with Gasteiger partial charge in [-0.25, -0.2) is 9.82 Å². The SMILES string of the molecule is Cc1cnccc1C(NN)c1cc(Br)ccc1F. The van der Waals surface area contributed by atoms with Gasteiger partial charge in [0.2, 0.25) is 0 Å². The normalized spacial score (nSPS) is 12.4. The molecule has 1 atom stereocenters. The van der Waals surface area contributed by atoms with Crippen molar-refractivity contribution in [1.82, 2.24) is 10.4 Å². The van der Waals surface area contributed by atoms with Crippen molar-refractivity contribution in [1.29, 1.82) is 0 Å². The zero-order chi connectivity index (χ0) is 13.1. The van der Waals surface area contributed by atoms with E-state index in [1.807, 2.05) is 13.0 Å². The predicted molar refractivity (Wildman–Crippen MR) is 72.2 cm³/mol. The van der Waals surface area contributed by atoms with Gasteiger partial charge in [0.15, 0.2) is 0 Å². The Morgan fingerprint density at radius 3 is 2.78 bits per heavy atom. The van der Waals surface area contributed by atoms with Crippen LogP contribution in [0.2, 0.25) is 0 Å². The topological polar surface area (TPSA) is 50.9 Å². The van der Waals surface area contributed by atoms with Crippen LogP contribution in [0.1, 0.15) is 22.7 Å². The second-order valence-corrected chi connectivity index (χ2v) is 4.91. The number of hydrazine groups is 1. The highest BCUT2D eigenvalue weighted by Gasteiger charge is 2.18. The lowest BCUT2D eigenvalue weighted by atomic mass is 9.96. The van der Waals surface area contributed by atoms with Gasteiger partial charge >= 0.3 is 0 Å². The zero-order valence-electron chi connectivity index (χ0n) is 9.82. The summed E-state index contributed by atoms with van der Waals surface area (Å²) in [6, 6.07) is 6.23. The summed E-state index contributed by atoms with van der Waals surface area (Å²) in [7, 11) is 0. The lowest BCUT2D eigenvalue weighted by Gasteiger charge is -2.19. The molecule has 0 aliphatic carbocycles. The number of benzene rings is 1. The van der Waals surface area contributed by atoms with Crippen molar-refractivity contribution in [2.75, 3.05) is 0 Å². The van der Waals surface area contributed by atoms with Crippen LogP contribution in [0.5, 0.6) is 0 Å². The van der Waals surface area contributed by atoms with Gasteiger partial charge < -0.3 is 0 Å². The van der Waals surface area contributed by atoms with Gasteiger partial charge in [-0.2, -0.15) is 0 Å². The summed E-state index contributed by atoms with van der Waals surface area (Å²) in [5, 5.41) is 0. The maximum atomic E-state index is 13.9. The molecule has 3 N–H and O–H groups in total. The smallest absolute Gasteiger partial charge is 0.128 e. The van der Waals surface area contributed by atoms with Crippen molar-refractivity contribution in [3.05, 3.63) is 63.6 Å². The lowest BCUT2D eigenvalue weighted by Crippen LogP contribution is -2.30. The molecule has 0 fully saturated rings. The number of nitrogens with zero attached hydrogens (tertiary/aromatic N) is 1. The van der Waals surface area contributed by atoms with Gasteiger partial charge in [0.1, 0.15) is 5.82 Å². The molecular weight excluding hydrogens is 297 g/mol. The highest BCUT2D eigenvalue weighted by atomic mass is 79.9. The van der Waals surface area contributed by atoms with Gasteiger partial charge in [0.05, 0.1) is 6.04 Å². The fraction of sp³-hybridized carbons (Fsp3) is 0.154. The first-order chi connectivity index (χ1) is 8.63. The highest BCUT2D eigenvalue weighted by molar-refractivity contribution is 9.10. The molecule has 0 saturated heterocycles. The van der Waals surface area contributed by atoms with Crippen LogP contribution in [0.25, 0.3) is 0 Å². The van der Waals surface area contributed by atoms with Gasteiger partial charge in [-0.15, -0.1) is 0 Å². The monoisotopic (exact) mass is 309 g/mol. The van der Waals surface area contributed by atoms with Gasteiger partial charge in [-0.1, -0.05) is 15.9 Å². The predicted octanol–water partition coefficient (Wildman–Crippen LogP) is 2.84. The van der Waals surface area contributed by atoms with Gasteiger partial charge in [0.25, 0.3) is 0 Å². The Morgan fingerprint density at radius 1 is 1.33 bits per heavy atom. The molecule has 18 heavy (non-hydrogen) atoms. The fourth-order valence-electron chi connectivity index (χ4n) is 1.89. The van der Waals surface area contributed by atoms with Crippen LogP contribution in [-0.4, -0.2) is 4.98 Å². The first kappa shape index (κ1) is 13.1. The molecule has 1 unspecified atom stereocenters. The van der Waals surface area contributed by atoms with E-state index in [4.69, 9.17) is 5.84 Å². The summed E-state index contributed by atoms with van der Waals surface area (Å²) >= 11 is 3.34. The Balaban J connectivity index is 2.52. The molecule has 94 valence electrons. The van der Waals surface area contributed by atoms with Gasteiger partial charge in [0, 0.05) is 22.4 Å². The third kappa shape index (κ3) is 2.58. The molecule has 2 aromatic rings. The quantitative estimate of drug-likeness (QED) is 0.677. The fourth-order valence-corrected chi connectivity index (χ4v) is 2.27. The molecule has 5 heteroatoms. The number of aryl methyl sites for hydroxylation is 1. The third-order valence-corrected chi connectivity index (χ3v) is 3.30. The van der Waals surface area contributed by atoms with Crippen molar-refractivity contribution in [3.8, 4) is 0 Å². The van der Waals surface area contributed by atoms with Crippen molar-refractivity contribution in [2.45, 2.75) is 13.0 Å². The summed E-state index contributed by atoms with van der Waals surface area (Å²) in [4.78, 5) is 4.02. The number of halogens is 2. The maximum absolute atomic E-state index is 13.9. The molecule has 0 amide bonds. The Kier molecular flexibility index (Phi) is 4.06. The van der Waals surface area contributed by atoms with Gasteiger partial charge in [-0.05, 0) is 42.3 Å². The number of hydrogen-bond acceptors (Lipinski definition) is 3. The largest absolute Gasteiger partial charge is 0.271 e. The molecule has 2 rings (SSSR count). The molecule has 0 aliphatic heterocycles. The Bertz CT molecular complexity index is 560. The lowest BCUT2D eigenvalue weighted by molar-refractivity contribution is 0.558. The average molecular weight is 310 g/mol. The standard InChI is InChI=1S/C13H13BrFN3/c1-8-7-17-5-4-10(8)13(18-16)11-6-9(14)2-3-12(11)15/h2-7,13,18H,16H2,1H3. The Morgan fingerprint density at radius 2 is 2.11 bits per heavy atom. The van der Waals surface area contributed by atoms with Crippen LogP contribution in [0.3, 0.4) is 0 Å². The van der Waals surface area contributed by atoms with Crippen LogP contribution in [0.4, 0.5) is 4.39 Å². The molecule has 1 aromatic heterocycles. The minimum Gasteiger partial charge on any atom is -0.271 e. The van der Waals surface area contributed by atoms with E-state index < -0.39 is 6.04 Å². The number of nitrogens with one attached hydrogen (secondary N) is 1. The van der Waals surface area contributed by atoms with E-state index in [1.165, 1.54) is 6.07 Å². The summed E-state index contributed by atoms with van der Waals surface area (Å²) in [5.74, 6) is 5.28. The molecule has 3 nitrogen and oxygen atoms in total. The number of hydrogen-bond donors (Lipinski definition) is 2. The number of nitrogens with two attached hydrogens (primary N) is 1.